The lowest BCUT2D eigenvalue weighted by molar-refractivity contribution is 0.277. The standard InChI is InChI=1S/C16H18O3/c1-3-17-14-11-8-12-15(16(14)18-4-2)19-13-9-6-5-7-10-13/h5-12H,3-4H2,1-2H3. The summed E-state index contributed by atoms with van der Waals surface area (Å²) >= 11 is 0. The fourth-order valence-electron chi connectivity index (χ4n) is 1.75. The first-order chi connectivity index (χ1) is 9.35. The largest absolute Gasteiger partial charge is 0.490 e. The van der Waals surface area contributed by atoms with Gasteiger partial charge in [-0.1, -0.05) is 24.3 Å². The van der Waals surface area contributed by atoms with E-state index < -0.39 is 0 Å². The summed E-state index contributed by atoms with van der Waals surface area (Å²) in [5.74, 6) is 2.80. The van der Waals surface area contributed by atoms with Crippen molar-refractivity contribution in [1.29, 1.82) is 0 Å². The highest BCUT2D eigenvalue weighted by Gasteiger charge is 2.12. The summed E-state index contributed by atoms with van der Waals surface area (Å²) < 4.78 is 17.0. The molecular formula is C16H18O3. The molecule has 0 aliphatic rings. The third kappa shape index (κ3) is 3.41. The Labute approximate surface area is 113 Å². The van der Waals surface area contributed by atoms with Gasteiger partial charge in [0.25, 0.3) is 0 Å². The maximum absolute atomic E-state index is 5.84. The normalized spacial score (nSPS) is 10.0. The number of hydrogen-bond donors (Lipinski definition) is 0. The molecule has 2 aromatic carbocycles. The van der Waals surface area contributed by atoms with E-state index in [0.717, 1.165) is 5.75 Å². The van der Waals surface area contributed by atoms with Gasteiger partial charge in [0.05, 0.1) is 13.2 Å². The van der Waals surface area contributed by atoms with Crippen molar-refractivity contribution in [2.75, 3.05) is 13.2 Å². The monoisotopic (exact) mass is 258 g/mol. The summed E-state index contributed by atoms with van der Waals surface area (Å²) in [5, 5.41) is 0. The Hall–Kier alpha value is -2.16. The Morgan fingerprint density at radius 1 is 0.737 bits per heavy atom. The smallest absolute Gasteiger partial charge is 0.204 e. The Morgan fingerprint density at radius 2 is 1.42 bits per heavy atom. The summed E-state index contributed by atoms with van der Waals surface area (Å²) in [7, 11) is 0. The van der Waals surface area contributed by atoms with Crippen molar-refractivity contribution in [3.8, 4) is 23.0 Å². The lowest BCUT2D eigenvalue weighted by Gasteiger charge is -2.15. The molecule has 0 aliphatic carbocycles. The van der Waals surface area contributed by atoms with E-state index in [0.29, 0.717) is 30.5 Å². The van der Waals surface area contributed by atoms with E-state index >= 15 is 0 Å². The second-order valence-corrected chi connectivity index (χ2v) is 3.86. The van der Waals surface area contributed by atoms with Crippen molar-refractivity contribution < 1.29 is 14.2 Å². The highest BCUT2D eigenvalue weighted by molar-refractivity contribution is 5.52. The van der Waals surface area contributed by atoms with Gasteiger partial charge in [-0.05, 0) is 38.1 Å². The van der Waals surface area contributed by atoms with Crippen LogP contribution in [0.25, 0.3) is 0 Å². The van der Waals surface area contributed by atoms with Crippen LogP contribution < -0.4 is 14.2 Å². The molecule has 19 heavy (non-hydrogen) atoms. The average molecular weight is 258 g/mol. The predicted molar refractivity (Wildman–Crippen MR) is 75.3 cm³/mol. The van der Waals surface area contributed by atoms with Crippen molar-refractivity contribution in [2.24, 2.45) is 0 Å². The SMILES string of the molecule is CCOc1cccc(Oc2ccccc2)c1OCC. The Balaban J connectivity index is 2.30. The number of rotatable bonds is 6. The van der Waals surface area contributed by atoms with Crippen molar-refractivity contribution in [3.63, 3.8) is 0 Å². The molecule has 0 fully saturated rings. The van der Waals surface area contributed by atoms with Crippen LogP contribution >= 0.6 is 0 Å². The molecule has 0 radical (unpaired) electrons. The summed E-state index contributed by atoms with van der Waals surface area (Å²) in [6.45, 7) is 5.04. The Bertz CT molecular complexity index is 509. The minimum absolute atomic E-state index is 0.565. The van der Waals surface area contributed by atoms with E-state index in [1.165, 1.54) is 0 Å². The van der Waals surface area contributed by atoms with Crippen molar-refractivity contribution in [2.45, 2.75) is 13.8 Å². The van der Waals surface area contributed by atoms with Gasteiger partial charge in [0.1, 0.15) is 5.75 Å². The molecule has 0 unspecified atom stereocenters. The third-order valence-corrected chi connectivity index (χ3v) is 2.50. The van der Waals surface area contributed by atoms with E-state index in [1.54, 1.807) is 0 Å². The molecule has 3 heteroatoms. The molecule has 0 heterocycles. The lowest BCUT2D eigenvalue weighted by Crippen LogP contribution is -2.00. The van der Waals surface area contributed by atoms with E-state index in [2.05, 4.69) is 0 Å². The highest BCUT2D eigenvalue weighted by Crippen LogP contribution is 2.39. The van der Waals surface area contributed by atoms with Gasteiger partial charge in [-0.25, -0.2) is 0 Å². The zero-order valence-electron chi connectivity index (χ0n) is 11.3. The van der Waals surface area contributed by atoms with E-state index in [1.807, 2.05) is 62.4 Å². The molecule has 0 saturated heterocycles. The van der Waals surface area contributed by atoms with Gasteiger partial charge < -0.3 is 14.2 Å². The molecule has 2 aromatic rings. The molecule has 0 aromatic heterocycles. The molecule has 100 valence electrons. The molecule has 0 spiro atoms. The minimum atomic E-state index is 0.565. The highest BCUT2D eigenvalue weighted by atomic mass is 16.5. The minimum Gasteiger partial charge on any atom is -0.490 e. The topological polar surface area (TPSA) is 27.7 Å². The van der Waals surface area contributed by atoms with Gasteiger partial charge >= 0.3 is 0 Å². The Kier molecular flexibility index (Phi) is 4.67. The molecule has 0 N–H and O–H groups in total. The van der Waals surface area contributed by atoms with Gasteiger partial charge in [-0.3, -0.25) is 0 Å². The number of ether oxygens (including phenoxy) is 3. The molecule has 2 rings (SSSR count). The van der Waals surface area contributed by atoms with Gasteiger partial charge in [0, 0.05) is 0 Å². The Morgan fingerprint density at radius 3 is 2.11 bits per heavy atom. The van der Waals surface area contributed by atoms with Crippen LogP contribution in [-0.2, 0) is 0 Å². The quantitative estimate of drug-likeness (QED) is 0.774. The van der Waals surface area contributed by atoms with Crippen LogP contribution in [0.2, 0.25) is 0 Å². The molecule has 0 aliphatic heterocycles. The maximum atomic E-state index is 5.84. The van der Waals surface area contributed by atoms with Crippen LogP contribution in [-0.4, -0.2) is 13.2 Å². The number of para-hydroxylation sites is 2. The van der Waals surface area contributed by atoms with Gasteiger partial charge in [-0.2, -0.15) is 0 Å². The molecule has 0 saturated carbocycles. The summed E-state index contributed by atoms with van der Waals surface area (Å²) in [5.41, 5.74) is 0. The first-order valence-corrected chi connectivity index (χ1v) is 6.46. The fraction of sp³-hybridized carbons (Fsp3) is 0.250. The molecule has 0 bridgehead atoms. The van der Waals surface area contributed by atoms with Crippen molar-refractivity contribution >= 4 is 0 Å². The van der Waals surface area contributed by atoms with Crippen LogP contribution in [0.4, 0.5) is 0 Å². The van der Waals surface area contributed by atoms with Gasteiger partial charge in [-0.15, -0.1) is 0 Å². The first-order valence-electron chi connectivity index (χ1n) is 6.46. The number of benzene rings is 2. The van der Waals surface area contributed by atoms with Gasteiger partial charge in [0.15, 0.2) is 11.5 Å². The fourth-order valence-corrected chi connectivity index (χ4v) is 1.75. The predicted octanol–water partition coefficient (Wildman–Crippen LogP) is 4.28. The van der Waals surface area contributed by atoms with E-state index in [-0.39, 0.29) is 0 Å². The van der Waals surface area contributed by atoms with Crippen LogP contribution in [0.15, 0.2) is 48.5 Å². The second-order valence-electron chi connectivity index (χ2n) is 3.86. The summed E-state index contributed by atoms with van der Waals surface area (Å²) in [4.78, 5) is 0. The van der Waals surface area contributed by atoms with E-state index in [9.17, 15) is 0 Å². The number of hydrogen-bond acceptors (Lipinski definition) is 3. The van der Waals surface area contributed by atoms with Gasteiger partial charge in [0.2, 0.25) is 5.75 Å². The van der Waals surface area contributed by atoms with Crippen LogP contribution in [0.3, 0.4) is 0 Å². The molecule has 0 atom stereocenters. The van der Waals surface area contributed by atoms with Crippen LogP contribution in [0.5, 0.6) is 23.0 Å². The van der Waals surface area contributed by atoms with E-state index in [4.69, 9.17) is 14.2 Å². The zero-order valence-corrected chi connectivity index (χ0v) is 11.3. The van der Waals surface area contributed by atoms with Crippen molar-refractivity contribution in [3.05, 3.63) is 48.5 Å². The lowest BCUT2D eigenvalue weighted by atomic mass is 10.3. The van der Waals surface area contributed by atoms with Crippen molar-refractivity contribution in [1.82, 2.24) is 0 Å². The molecule has 0 amide bonds. The third-order valence-electron chi connectivity index (χ3n) is 2.50. The molecular weight excluding hydrogens is 240 g/mol. The summed E-state index contributed by atoms with van der Waals surface area (Å²) in [6, 6.07) is 15.3. The average Bonchev–Trinajstić information content (AvgIpc) is 2.44. The second kappa shape index (κ2) is 6.69. The van der Waals surface area contributed by atoms with Crippen LogP contribution in [0, 0.1) is 0 Å². The zero-order chi connectivity index (χ0) is 13.5. The van der Waals surface area contributed by atoms with Crippen LogP contribution in [0.1, 0.15) is 13.8 Å². The first kappa shape index (κ1) is 13.3. The summed E-state index contributed by atoms with van der Waals surface area (Å²) in [6.07, 6.45) is 0. The molecule has 3 nitrogen and oxygen atoms in total. The maximum Gasteiger partial charge on any atom is 0.204 e.